The van der Waals surface area contributed by atoms with Crippen LogP contribution in [0.2, 0.25) is 0 Å². The van der Waals surface area contributed by atoms with E-state index < -0.39 is 53.3 Å². The molecule has 0 heterocycles. The lowest BCUT2D eigenvalue weighted by Gasteiger charge is -2.29. The van der Waals surface area contributed by atoms with Crippen molar-refractivity contribution in [3.8, 4) is 5.75 Å². The number of aromatic hydroxyl groups is 1. The third kappa shape index (κ3) is 7.60. The highest BCUT2D eigenvalue weighted by Crippen LogP contribution is 2.31. The predicted molar refractivity (Wildman–Crippen MR) is 149 cm³/mol. The third-order valence-corrected chi connectivity index (χ3v) is 9.95. The van der Waals surface area contributed by atoms with Crippen molar-refractivity contribution in [3.05, 3.63) is 98.9 Å². The Morgan fingerprint density at radius 1 is 0.951 bits per heavy atom. The molecule has 3 aromatic rings. The Labute approximate surface area is 237 Å². The van der Waals surface area contributed by atoms with E-state index in [0.29, 0.717) is 5.56 Å². The van der Waals surface area contributed by atoms with Crippen LogP contribution in [0.25, 0.3) is 10.4 Å². The number of aliphatic hydroxyl groups excluding tert-OH is 1. The summed E-state index contributed by atoms with van der Waals surface area (Å²) >= 11 is 0. The smallest absolute Gasteiger partial charge is 0.269 e. The summed E-state index contributed by atoms with van der Waals surface area (Å²) in [6, 6.07) is 14.0. The summed E-state index contributed by atoms with van der Waals surface area (Å²) < 4.78 is 55.8. The zero-order valence-corrected chi connectivity index (χ0v) is 23.8. The largest absolute Gasteiger partial charge is 0.508 e. The van der Waals surface area contributed by atoms with Gasteiger partial charge in [-0.05, 0) is 59.8 Å². The Morgan fingerprint density at radius 3 is 2.07 bits per heavy atom. The van der Waals surface area contributed by atoms with Gasteiger partial charge < -0.3 is 10.2 Å². The minimum absolute atomic E-state index is 0.0196. The van der Waals surface area contributed by atoms with Crippen molar-refractivity contribution < 1.29 is 32.0 Å². The molecule has 0 aromatic heterocycles. The molecule has 1 unspecified atom stereocenters. The second-order valence-corrected chi connectivity index (χ2v) is 13.5. The number of phenolic OH excluding ortho intramolecular Hbond substituents is 1. The van der Waals surface area contributed by atoms with E-state index in [-0.39, 0.29) is 35.2 Å². The van der Waals surface area contributed by atoms with Crippen LogP contribution in [0.4, 0.5) is 5.69 Å². The fourth-order valence-corrected chi connectivity index (χ4v) is 7.78. The summed E-state index contributed by atoms with van der Waals surface area (Å²) in [7, 11) is -8.98. The molecular formula is C26H29N5O8S2. The van der Waals surface area contributed by atoms with E-state index in [2.05, 4.69) is 10.0 Å². The average molecular weight is 604 g/mol. The van der Waals surface area contributed by atoms with Gasteiger partial charge in [0, 0.05) is 30.1 Å². The molecule has 0 saturated carbocycles. The lowest BCUT2D eigenvalue weighted by molar-refractivity contribution is -0.384. The van der Waals surface area contributed by atoms with Gasteiger partial charge in [-0.1, -0.05) is 43.2 Å². The minimum Gasteiger partial charge on any atom is -0.508 e. The molecule has 0 fully saturated rings. The lowest BCUT2D eigenvalue weighted by Crippen LogP contribution is -2.44. The number of sulfonamides is 1. The fourth-order valence-electron chi connectivity index (χ4n) is 4.10. The van der Waals surface area contributed by atoms with Crippen LogP contribution >= 0.6 is 0 Å². The van der Waals surface area contributed by atoms with E-state index in [0.717, 1.165) is 40.7 Å². The van der Waals surface area contributed by atoms with Crippen LogP contribution < -0.4 is 0 Å². The lowest BCUT2D eigenvalue weighted by atomic mass is 10.0. The molecule has 0 aliphatic rings. The highest BCUT2D eigenvalue weighted by Gasteiger charge is 2.35. The maximum absolute atomic E-state index is 14.0. The Bertz CT molecular complexity index is 1640. The van der Waals surface area contributed by atoms with Crippen LogP contribution in [0, 0.1) is 16.0 Å². The van der Waals surface area contributed by atoms with Crippen LogP contribution in [0.15, 0.2) is 92.6 Å². The van der Waals surface area contributed by atoms with Gasteiger partial charge in [0.1, 0.15) is 10.6 Å². The minimum atomic E-state index is -4.54. The average Bonchev–Trinajstić information content (AvgIpc) is 2.93. The number of non-ortho nitro benzene ring substituents is 1. The second-order valence-electron chi connectivity index (χ2n) is 9.63. The van der Waals surface area contributed by atoms with E-state index in [1.807, 2.05) is 0 Å². The Morgan fingerprint density at radius 2 is 1.54 bits per heavy atom. The zero-order chi connectivity index (χ0) is 30.4. The second kappa shape index (κ2) is 13.1. The van der Waals surface area contributed by atoms with Gasteiger partial charge in [0.05, 0.1) is 26.9 Å². The van der Waals surface area contributed by atoms with E-state index in [1.54, 1.807) is 26.0 Å². The Kier molecular flexibility index (Phi) is 10.1. The Hall–Kier alpha value is -4.01. The van der Waals surface area contributed by atoms with Gasteiger partial charge in [-0.3, -0.25) is 10.1 Å². The monoisotopic (exact) mass is 603 g/mol. The molecule has 0 aliphatic carbocycles. The van der Waals surface area contributed by atoms with Gasteiger partial charge in [0.25, 0.3) is 5.69 Å². The molecular weight excluding hydrogens is 574 g/mol. The van der Waals surface area contributed by atoms with E-state index >= 15 is 0 Å². The molecule has 0 saturated heterocycles. The third-order valence-electron chi connectivity index (χ3n) is 6.10. The van der Waals surface area contributed by atoms with Gasteiger partial charge in [-0.15, -0.1) is 0 Å². The summed E-state index contributed by atoms with van der Waals surface area (Å²) in [6.07, 6.45) is -1.42. The van der Waals surface area contributed by atoms with Crippen LogP contribution in [0.3, 0.4) is 0 Å². The van der Waals surface area contributed by atoms with E-state index in [4.69, 9.17) is 5.53 Å². The van der Waals surface area contributed by atoms with Crippen LogP contribution in [0.1, 0.15) is 19.4 Å². The van der Waals surface area contributed by atoms with Gasteiger partial charge in [-0.2, -0.15) is 4.31 Å². The summed E-state index contributed by atoms with van der Waals surface area (Å²) in [6.45, 7) is 2.90. The maximum Gasteiger partial charge on any atom is 0.269 e. The van der Waals surface area contributed by atoms with Crippen LogP contribution in [-0.4, -0.2) is 61.5 Å². The molecule has 0 aliphatic heterocycles. The molecule has 0 bridgehead atoms. The molecule has 0 spiro atoms. The van der Waals surface area contributed by atoms with Gasteiger partial charge in [0.2, 0.25) is 19.9 Å². The number of hydrogen-bond acceptors (Lipinski definition) is 9. The van der Waals surface area contributed by atoms with Crippen molar-refractivity contribution in [2.45, 2.75) is 47.1 Å². The van der Waals surface area contributed by atoms with Crippen molar-refractivity contribution >= 4 is 25.5 Å². The molecule has 2 N–H and O–H groups in total. The van der Waals surface area contributed by atoms with E-state index in [1.165, 1.54) is 24.3 Å². The number of hydrogen-bond donors (Lipinski definition) is 2. The highest BCUT2D eigenvalue weighted by molar-refractivity contribution is 7.93. The number of nitro benzene ring substituents is 1. The molecule has 3 aromatic carbocycles. The quantitative estimate of drug-likeness (QED) is 0.0955. The first kappa shape index (κ1) is 31.5. The molecule has 41 heavy (non-hydrogen) atoms. The standard InChI is InChI=1S/C26H29N5O8S2/c1-18(2)16-30(17-24(33)23(28-29-27)15-19-7-11-21(32)12-8-19)41(38,39)26-6-4-3-5-25(26)40(36,37)22-13-9-20(10-14-22)31(34)35/h3-14,18,23-24,32-33H,15-17H2,1-2H3/t23-,24?/m0/s1. The molecule has 2 atom stereocenters. The number of rotatable bonds is 13. The first-order valence-corrected chi connectivity index (χ1v) is 15.3. The summed E-state index contributed by atoms with van der Waals surface area (Å²) in [4.78, 5) is 11.7. The van der Waals surface area contributed by atoms with Gasteiger partial charge in [-0.25, -0.2) is 16.8 Å². The highest BCUT2D eigenvalue weighted by atomic mass is 32.2. The topological polar surface area (TPSA) is 204 Å². The van der Waals surface area contributed by atoms with Crippen molar-refractivity contribution in [2.75, 3.05) is 13.1 Å². The number of azide groups is 1. The SMILES string of the molecule is CC(C)CN(CC(O)[C@H](Cc1ccc(O)cc1)N=[N+]=[N-])S(=O)(=O)c1ccccc1S(=O)(=O)c1ccc([N+](=O)[O-])cc1. The predicted octanol–water partition coefficient (Wildman–Crippen LogP) is 4.06. The normalized spacial score (nSPS) is 13.5. The molecule has 15 heteroatoms. The summed E-state index contributed by atoms with van der Waals surface area (Å²) in [5.41, 5.74) is 9.37. The Balaban J connectivity index is 2.01. The molecule has 0 radical (unpaired) electrons. The fraction of sp³-hybridized carbons (Fsp3) is 0.308. The summed E-state index contributed by atoms with van der Waals surface area (Å²) in [5, 5.41) is 35.2. The first-order valence-electron chi connectivity index (χ1n) is 12.4. The van der Waals surface area contributed by atoms with Crippen LogP contribution in [-0.2, 0) is 26.3 Å². The summed E-state index contributed by atoms with van der Waals surface area (Å²) in [5.74, 6) is -0.211. The van der Waals surface area contributed by atoms with Crippen molar-refractivity contribution in [1.29, 1.82) is 0 Å². The molecule has 3 rings (SSSR count). The maximum atomic E-state index is 14.0. The first-order chi connectivity index (χ1) is 19.3. The molecule has 13 nitrogen and oxygen atoms in total. The number of sulfone groups is 1. The number of nitro groups is 1. The van der Waals surface area contributed by atoms with Gasteiger partial charge in [0.15, 0.2) is 0 Å². The van der Waals surface area contributed by atoms with Crippen LogP contribution in [0.5, 0.6) is 5.75 Å². The molecule has 218 valence electrons. The van der Waals surface area contributed by atoms with E-state index in [9.17, 15) is 37.2 Å². The van der Waals surface area contributed by atoms with Crippen molar-refractivity contribution in [3.63, 3.8) is 0 Å². The number of benzene rings is 3. The number of phenols is 1. The molecule has 0 amide bonds. The van der Waals surface area contributed by atoms with Gasteiger partial charge >= 0.3 is 0 Å². The number of nitrogens with zero attached hydrogens (tertiary/aromatic N) is 5. The van der Waals surface area contributed by atoms with Crippen molar-refractivity contribution in [1.82, 2.24) is 4.31 Å². The van der Waals surface area contributed by atoms with Crippen molar-refractivity contribution in [2.24, 2.45) is 11.0 Å². The number of aliphatic hydroxyl groups is 1. The zero-order valence-electron chi connectivity index (χ0n) is 22.2.